The summed E-state index contributed by atoms with van der Waals surface area (Å²) in [5.74, 6) is 1.62. The summed E-state index contributed by atoms with van der Waals surface area (Å²) < 4.78 is 12.2. The molecule has 3 heteroatoms. The van der Waals surface area contributed by atoms with Crippen LogP contribution in [0.25, 0.3) is 11.0 Å². The summed E-state index contributed by atoms with van der Waals surface area (Å²) in [7, 11) is -1.56. The van der Waals surface area contributed by atoms with E-state index in [1.165, 1.54) is 37.5 Å². The SMILES string of the molecule is CC(CCCCCCO[Si](C)(C)C(C)(C)C)c1cc2ccccc2o1. The molecule has 2 rings (SSSR count). The van der Waals surface area contributed by atoms with Gasteiger partial charge in [0.25, 0.3) is 0 Å². The van der Waals surface area contributed by atoms with Gasteiger partial charge in [-0.3, -0.25) is 0 Å². The molecule has 0 fully saturated rings. The summed E-state index contributed by atoms with van der Waals surface area (Å²) in [5, 5.41) is 1.53. The van der Waals surface area contributed by atoms with Crippen molar-refractivity contribution in [2.24, 2.45) is 0 Å². The van der Waals surface area contributed by atoms with Gasteiger partial charge < -0.3 is 8.84 Å². The van der Waals surface area contributed by atoms with Gasteiger partial charge in [-0.1, -0.05) is 65.2 Å². The highest BCUT2D eigenvalue weighted by molar-refractivity contribution is 6.74. The van der Waals surface area contributed by atoms with E-state index < -0.39 is 8.32 Å². The molecule has 2 aromatic rings. The zero-order valence-corrected chi connectivity index (χ0v) is 18.0. The zero-order valence-electron chi connectivity index (χ0n) is 17.0. The highest BCUT2D eigenvalue weighted by Gasteiger charge is 2.36. The normalized spacial score (nSPS) is 14.2. The second-order valence-electron chi connectivity index (χ2n) is 8.90. The van der Waals surface area contributed by atoms with Crippen molar-refractivity contribution in [2.75, 3.05) is 6.61 Å². The highest BCUT2D eigenvalue weighted by Crippen LogP contribution is 2.36. The molecule has 1 atom stereocenters. The van der Waals surface area contributed by atoms with E-state index >= 15 is 0 Å². The van der Waals surface area contributed by atoms with E-state index in [-0.39, 0.29) is 0 Å². The summed E-state index contributed by atoms with van der Waals surface area (Å²) in [6, 6.07) is 10.5. The molecule has 0 saturated carbocycles. The summed E-state index contributed by atoms with van der Waals surface area (Å²) in [6.45, 7) is 14.8. The molecule has 0 radical (unpaired) electrons. The average molecular weight is 361 g/mol. The topological polar surface area (TPSA) is 22.4 Å². The smallest absolute Gasteiger partial charge is 0.191 e. The number of unbranched alkanes of at least 4 members (excludes halogenated alkanes) is 3. The molecule has 0 N–H and O–H groups in total. The zero-order chi connectivity index (χ0) is 18.5. The first-order valence-electron chi connectivity index (χ1n) is 9.83. The van der Waals surface area contributed by atoms with Gasteiger partial charge in [-0.05, 0) is 43.1 Å². The van der Waals surface area contributed by atoms with Crippen LogP contribution in [-0.4, -0.2) is 14.9 Å². The lowest BCUT2D eigenvalue weighted by Gasteiger charge is -2.36. The molecule has 0 aliphatic rings. The number of rotatable bonds is 9. The molecule has 1 unspecified atom stereocenters. The van der Waals surface area contributed by atoms with Gasteiger partial charge in [-0.15, -0.1) is 0 Å². The van der Waals surface area contributed by atoms with Crippen LogP contribution in [0, 0.1) is 0 Å². The van der Waals surface area contributed by atoms with Gasteiger partial charge in [0.05, 0.1) is 0 Å². The monoisotopic (exact) mass is 360 g/mol. The Morgan fingerprint density at radius 3 is 2.40 bits per heavy atom. The van der Waals surface area contributed by atoms with E-state index in [4.69, 9.17) is 8.84 Å². The Hall–Kier alpha value is -1.06. The van der Waals surface area contributed by atoms with Crippen LogP contribution in [0.3, 0.4) is 0 Å². The molecule has 25 heavy (non-hydrogen) atoms. The molecule has 0 spiro atoms. The van der Waals surface area contributed by atoms with Crippen LogP contribution in [0.5, 0.6) is 0 Å². The highest BCUT2D eigenvalue weighted by atomic mass is 28.4. The third kappa shape index (κ3) is 5.72. The van der Waals surface area contributed by atoms with Crippen LogP contribution in [0.4, 0.5) is 0 Å². The van der Waals surface area contributed by atoms with Crippen LogP contribution in [0.1, 0.15) is 71.5 Å². The van der Waals surface area contributed by atoms with Crippen molar-refractivity contribution in [2.45, 2.75) is 83.8 Å². The minimum Gasteiger partial charge on any atom is -0.461 e. The second-order valence-corrected chi connectivity index (χ2v) is 13.7. The third-order valence-corrected chi connectivity index (χ3v) is 10.3. The van der Waals surface area contributed by atoms with Crippen LogP contribution < -0.4 is 0 Å². The van der Waals surface area contributed by atoms with Crippen LogP contribution in [0.2, 0.25) is 18.1 Å². The fraction of sp³-hybridized carbons (Fsp3) is 0.636. The second kappa shape index (κ2) is 8.55. The Morgan fingerprint density at radius 1 is 1.04 bits per heavy atom. The van der Waals surface area contributed by atoms with Crippen molar-refractivity contribution in [1.82, 2.24) is 0 Å². The Kier molecular flexibility index (Phi) is 6.92. The number of hydrogen-bond donors (Lipinski definition) is 0. The van der Waals surface area contributed by atoms with Crippen molar-refractivity contribution in [1.29, 1.82) is 0 Å². The van der Waals surface area contributed by atoms with E-state index in [1.54, 1.807) is 0 Å². The van der Waals surface area contributed by atoms with Crippen molar-refractivity contribution in [3.8, 4) is 0 Å². The average Bonchev–Trinajstić information content (AvgIpc) is 2.96. The molecule has 0 saturated heterocycles. The quantitative estimate of drug-likeness (QED) is 0.341. The maximum absolute atomic E-state index is 6.25. The maximum Gasteiger partial charge on any atom is 0.191 e. The Balaban J connectivity index is 1.63. The summed E-state index contributed by atoms with van der Waals surface area (Å²) >= 11 is 0. The molecule has 0 aliphatic heterocycles. The lowest BCUT2D eigenvalue weighted by Crippen LogP contribution is -2.40. The van der Waals surface area contributed by atoms with Gasteiger partial charge in [0.2, 0.25) is 0 Å². The number of para-hydroxylation sites is 1. The van der Waals surface area contributed by atoms with E-state index in [9.17, 15) is 0 Å². The first kappa shape index (κ1) is 20.3. The standard InChI is InChI=1S/C22H36O2Si/c1-18(21-17-19-14-10-11-15-20(19)24-21)13-9-7-8-12-16-23-25(5,6)22(2,3)4/h10-11,14-15,17-18H,7-9,12-13,16H2,1-6H3. The number of benzene rings is 1. The maximum atomic E-state index is 6.25. The molecule has 0 aliphatic carbocycles. The minimum absolute atomic E-state index is 0.314. The van der Waals surface area contributed by atoms with Gasteiger partial charge in [-0.25, -0.2) is 0 Å². The van der Waals surface area contributed by atoms with Gasteiger partial charge in [-0.2, -0.15) is 0 Å². The summed E-state index contributed by atoms with van der Waals surface area (Å²) in [4.78, 5) is 0. The first-order chi connectivity index (χ1) is 11.7. The summed E-state index contributed by atoms with van der Waals surface area (Å²) in [5.41, 5.74) is 1.01. The predicted molar refractivity (Wildman–Crippen MR) is 111 cm³/mol. The largest absolute Gasteiger partial charge is 0.461 e. The lowest BCUT2D eigenvalue weighted by atomic mass is 10.00. The van der Waals surface area contributed by atoms with Gasteiger partial charge in [0.15, 0.2) is 8.32 Å². The van der Waals surface area contributed by atoms with Crippen LogP contribution in [-0.2, 0) is 4.43 Å². The molecule has 140 valence electrons. The fourth-order valence-electron chi connectivity index (χ4n) is 2.84. The van der Waals surface area contributed by atoms with E-state index in [1.807, 2.05) is 12.1 Å². The van der Waals surface area contributed by atoms with Gasteiger partial charge in [0, 0.05) is 17.9 Å². The Bertz CT molecular complexity index is 618. The van der Waals surface area contributed by atoms with E-state index in [0.29, 0.717) is 11.0 Å². The van der Waals surface area contributed by atoms with Crippen LogP contribution >= 0.6 is 0 Å². The number of fused-ring (bicyclic) bond motifs is 1. The Morgan fingerprint density at radius 2 is 1.72 bits per heavy atom. The number of furan rings is 1. The van der Waals surface area contributed by atoms with E-state index in [0.717, 1.165) is 18.0 Å². The predicted octanol–water partition coefficient (Wildman–Crippen LogP) is 7.51. The van der Waals surface area contributed by atoms with Crippen molar-refractivity contribution < 1.29 is 8.84 Å². The molecular formula is C22H36O2Si. The van der Waals surface area contributed by atoms with Crippen molar-refractivity contribution in [3.05, 3.63) is 36.1 Å². The summed E-state index contributed by atoms with van der Waals surface area (Å²) in [6.07, 6.45) is 6.19. The third-order valence-electron chi connectivity index (χ3n) is 5.73. The first-order valence-corrected chi connectivity index (χ1v) is 12.7. The molecule has 1 aromatic heterocycles. The van der Waals surface area contributed by atoms with Crippen LogP contribution in [0.15, 0.2) is 34.7 Å². The molecule has 1 aromatic carbocycles. The van der Waals surface area contributed by atoms with E-state index in [2.05, 4.69) is 59.0 Å². The lowest BCUT2D eigenvalue weighted by molar-refractivity contribution is 0.277. The molecule has 1 heterocycles. The molecule has 0 bridgehead atoms. The molecular weight excluding hydrogens is 324 g/mol. The fourth-order valence-corrected chi connectivity index (χ4v) is 3.93. The number of hydrogen-bond acceptors (Lipinski definition) is 2. The van der Waals surface area contributed by atoms with Crippen molar-refractivity contribution in [3.63, 3.8) is 0 Å². The Labute approximate surface area is 155 Å². The van der Waals surface area contributed by atoms with Crippen molar-refractivity contribution >= 4 is 19.3 Å². The minimum atomic E-state index is -1.56. The molecule has 0 amide bonds. The van der Waals surface area contributed by atoms with Gasteiger partial charge in [0.1, 0.15) is 11.3 Å². The van der Waals surface area contributed by atoms with Gasteiger partial charge >= 0.3 is 0 Å². The molecule has 2 nitrogen and oxygen atoms in total.